The largest absolute Gasteiger partial charge is 0.338 e. The quantitative estimate of drug-likeness (QED) is 0.769. The molecule has 0 aromatic carbocycles. The molecule has 1 aromatic heterocycles. The minimum absolute atomic E-state index is 0.234. The number of carbonyl (C=O) groups is 1. The van der Waals surface area contributed by atoms with Crippen LogP contribution in [0.3, 0.4) is 0 Å². The van der Waals surface area contributed by atoms with Crippen LogP contribution in [-0.4, -0.2) is 32.9 Å². The normalized spacial score (nSPS) is 21.3. The van der Waals surface area contributed by atoms with Crippen LogP contribution in [0.25, 0.3) is 0 Å². The molecule has 1 unspecified atom stereocenters. The van der Waals surface area contributed by atoms with E-state index in [-0.39, 0.29) is 5.91 Å². The number of nitrogens with zero attached hydrogens (tertiary/aromatic N) is 3. The zero-order chi connectivity index (χ0) is 10.8. The molecule has 1 atom stereocenters. The van der Waals surface area contributed by atoms with E-state index in [1.54, 1.807) is 10.9 Å². The van der Waals surface area contributed by atoms with E-state index in [2.05, 4.69) is 17.7 Å². The number of amides is 1. The van der Waals surface area contributed by atoms with Gasteiger partial charge in [0.05, 0.1) is 6.20 Å². The molecule has 1 aromatic rings. The molecular formula is C10H15N3OS. The van der Waals surface area contributed by atoms with Crippen molar-refractivity contribution in [2.24, 2.45) is 13.0 Å². The summed E-state index contributed by atoms with van der Waals surface area (Å²) < 4.78 is 1.76. The highest BCUT2D eigenvalue weighted by atomic mass is 32.1. The van der Waals surface area contributed by atoms with Crippen LogP contribution < -0.4 is 0 Å². The summed E-state index contributed by atoms with van der Waals surface area (Å²) in [5.41, 5.74) is 1.09. The first kappa shape index (κ1) is 10.5. The van der Waals surface area contributed by atoms with E-state index in [1.807, 2.05) is 18.1 Å². The maximum absolute atomic E-state index is 11.6. The highest BCUT2D eigenvalue weighted by Crippen LogP contribution is 2.20. The molecule has 1 fully saturated rings. The summed E-state index contributed by atoms with van der Waals surface area (Å²) in [7, 11) is 1.88. The fourth-order valence-electron chi connectivity index (χ4n) is 1.90. The van der Waals surface area contributed by atoms with Crippen LogP contribution in [0.5, 0.6) is 0 Å². The Kier molecular flexibility index (Phi) is 3.00. The molecule has 2 heterocycles. The van der Waals surface area contributed by atoms with Gasteiger partial charge in [0.2, 0.25) is 5.91 Å². The molecule has 1 aliphatic heterocycles. The van der Waals surface area contributed by atoms with Crippen molar-refractivity contribution in [1.29, 1.82) is 0 Å². The Bertz CT molecular complexity index is 363. The second kappa shape index (κ2) is 4.26. The van der Waals surface area contributed by atoms with E-state index in [9.17, 15) is 4.79 Å². The lowest BCUT2D eigenvalue weighted by atomic mass is 10.1. The molecule has 0 radical (unpaired) electrons. The van der Waals surface area contributed by atoms with E-state index >= 15 is 0 Å². The molecule has 0 N–H and O–H groups in total. The molecule has 1 amide bonds. The third-order valence-electron chi connectivity index (χ3n) is 2.68. The van der Waals surface area contributed by atoms with Crippen LogP contribution in [0.4, 0.5) is 0 Å². The van der Waals surface area contributed by atoms with Gasteiger partial charge in [0.15, 0.2) is 0 Å². The molecule has 5 heteroatoms. The van der Waals surface area contributed by atoms with Crippen molar-refractivity contribution in [3.63, 3.8) is 0 Å². The molecule has 0 aliphatic carbocycles. The average Bonchev–Trinajstić information content (AvgIpc) is 2.75. The number of thiol groups is 1. The fourth-order valence-corrected chi connectivity index (χ4v) is 2.15. The third-order valence-corrected chi connectivity index (χ3v) is 3.20. The van der Waals surface area contributed by atoms with Gasteiger partial charge in [-0.25, -0.2) is 0 Å². The Morgan fingerprint density at radius 3 is 3.00 bits per heavy atom. The van der Waals surface area contributed by atoms with Gasteiger partial charge in [0, 0.05) is 38.3 Å². The summed E-state index contributed by atoms with van der Waals surface area (Å²) in [6.07, 6.45) is 4.40. The number of likely N-dealkylation sites (tertiary alicyclic amines) is 1. The second-order valence-corrected chi connectivity index (χ2v) is 4.41. The SMILES string of the molecule is Cn1cc(CN2CC(CS)CC2=O)cn1. The molecule has 1 aliphatic rings. The molecule has 4 nitrogen and oxygen atoms in total. The Morgan fingerprint density at radius 1 is 1.67 bits per heavy atom. The van der Waals surface area contributed by atoms with Gasteiger partial charge in [-0.1, -0.05) is 0 Å². The summed E-state index contributed by atoms with van der Waals surface area (Å²) in [5, 5.41) is 4.09. The maximum Gasteiger partial charge on any atom is 0.223 e. The number of rotatable bonds is 3. The fraction of sp³-hybridized carbons (Fsp3) is 0.600. The Balaban J connectivity index is 1.98. The molecule has 0 saturated carbocycles. The molecule has 82 valence electrons. The van der Waals surface area contributed by atoms with E-state index in [4.69, 9.17) is 0 Å². The Morgan fingerprint density at radius 2 is 2.47 bits per heavy atom. The van der Waals surface area contributed by atoms with Crippen LogP contribution in [0.2, 0.25) is 0 Å². The zero-order valence-electron chi connectivity index (χ0n) is 8.76. The monoisotopic (exact) mass is 225 g/mol. The van der Waals surface area contributed by atoms with E-state index < -0.39 is 0 Å². The van der Waals surface area contributed by atoms with Gasteiger partial charge in [-0.05, 0) is 11.7 Å². The van der Waals surface area contributed by atoms with Gasteiger partial charge in [-0.3, -0.25) is 9.48 Å². The first-order valence-corrected chi connectivity index (χ1v) is 5.68. The van der Waals surface area contributed by atoms with Gasteiger partial charge in [-0.2, -0.15) is 17.7 Å². The highest BCUT2D eigenvalue weighted by molar-refractivity contribution is 7.80. The van der Waals surface area contributed by atoms with Crippen molar-refractivity contribution in [3.05, 3.63) is 18.0 Å². The number of hydrogen-bond acceptors (Lipinski definition) is 3. The topological polar surface area (TPSA) is 38.1 Å². The van der Waals surface area contributed by atoms with E-state index in [0.29, 0.717) is 18.9 Å². The molecular weight excluding hydrogens is 210 g/mol. The predicted molar refractivity (Wildman–Crippen MR) is 60.6 cm³/mol. The Hall–Kier alpha value is -0.970. The molecule has 1 saturated heterocycles. The van der Waals surface area contributed by atoms with E-state index in [0.717, 1.165) is 17.9 Å². The molecule has 15 heavy (non-hydrogen) atoms. The minimum atomic E-state index is 0.234. The number of hydrogen-bond donors (Lipinski definition) is 1. The highest BCUT2D eigenvalue weighted by Gasteiger charge is 2.28. The summed E-state index contributed by atoms with van der Waals surface area (Å²) in [6.45, 7) is 1.51. The maximum atomic E-state index is 11.6. The van der Waals surface area contributed by atoms with Crippen LogP contribution in [0.15, 0.2) is 12.4 Å². The van der Waals surface area contributed by atoms with Gasteiger partial charge >= 0.3 is 0 Å². The van der Waals surface area contributed by atoms with Crippen molar-refractivity contribution < 1.29 is 4.79 Å². The van der Waals surface area contributed by atoms with Gasteiger partial charge in [0.1, 0.15) is 0 Å². The van der Waals surface area contributed by atoms with Gasteiger partial charge < -0.3 is 4.90 Å². The average molecular weight is 225 g/mol. The molecule has 2 rings (SSSR count). The molecule has 0 spiro atoms. The van der Waals surface area contributed by atoms with Crippen LogP contribution in [0.1, 0.15) is 12.0 Å². The lowest BCUT2D eigenvalue weighted by Gasteiger charge is -2.14. The number of aryl methyl sites for hydroxylation is 1. The number of aromatic nitrogens is 2. The van der Waals surface area contributed by atoms with Crippen LogP contribution in [-0.2, 0) is 18.4 Å². The van der Waals surface area contributed by atoms with Crippen molar-refractivity contribution in [1.82, 2.24) is 14.7 Å². The van der Waals surface area contributed by atoms with Gasteiger partial charge in [0.25, 0.3) is 0 Å². The van der Waals surface area contributed by atoms with Crippen molar-refractivity contribution >= 4 is 18.5 Å². The first-order chi connectivity index (χ1) is 7.19. The smallest absolute Gasteiger partial charge is 0.223 e. The van der Waals surface area contributed by atoms with Crippen molar-refractivity contribution in [3.8, 4) is 0 Å². The van der Waals surface area contributed by atoms with Crippen LogP contribution >= 0.6 is 12.6 Å². The summed E-state index contributed by atoms with van der Waals surface area (Å²) in [5.74, 6) is 1.44. The minimum Gasteiger partial charge on any atom is -0.338 e. The standard InChI is InChI=1S/C10H15N3OS/c1-12-4-9(3-11-12)6-13-5-8(7-15)2-10(13)14/h3-4,8,15H,2,5-7H2,1H3. The Labute approximate surface area is 94.7 Å². The lowest BCUT2D eigenvalue weighted by Crippen LogP contribution is -2.24. The second-order valence-electron chi connectivity index (χ2n) is 4.05. The van der Waals surface area contributed by atoms with Crippen molar-refractivity contribution in [2.45, 2.75) is 13.0 Å². The summed E-state index contributed by atoms with van der Waals surface area (Å²) in [4.78, 5) is 13.5. The zero-order valence-corrected chi connectivity index (χ0v) is 9.65. The van der Waals surface area contributed by atoms with Crippen molar-refractivity contribution in [2.75, 3.05) is 12.3 Å². The molecule has 0 bridgehead atoms. The lowest BCUT2D eigenvalue weighted by molar-refractivity contribution is -0.128. The van der Waals surface area contributed by atoms with E-state index in [1.165, 1.54) is 0 Å². The summed E-state index contributed by atoms with van der Waals surface area (Å²) >= 11 is 4.23. The number of carbonyl (C=O) groups excluding carboxylic acids is 1. The third kappa shape index (κ3) is 2.34. The predicted octanol–water partition coefficient (Wildman–Crippen LogP) is 0.698. The first-order valence-electron chi connectivity index (χ1n) is 5.05. The van der Waals surface area contributed by atoms with Crippen LogP contribution in [0, 0.1) is 5.92 Å². The summed E-state index contributed by atoms with van der Waals surface area (Å²) in [6, 6.07) is 0. The van der Waals surface area contributed by atoms with Gasteiger partial charge in [-0.15, -0.1) is 0 Å².